The average Bonchev–Trinajstić information content (AvgIpc) is 2.04. The molecule has 0 bridgehead atoms. The Balaban J connectivity index is 3.24. The van der Waals surface area contributed by atoms with Crippen LogP contribution in [0.15, 0.2) is 18.2 Å². The summed E-state index contributed by atoms with van der Waals surface area (Å²) in [5.74, 6) is 0.350. The predicted molar refractivity (Wildman–Crippen MR) is 49.7 cm³/mol. The van der Waals surface area contributed by atoms with Gasteiger partial charge in [0, 0.05) is 5.69 Å². The van der Waals surface area contributed by atoms with Gasteiger partial charge in [-0.25, -0.2) is 0 Å². The summed E-state index contributed by atoms with van der Waals surface area (Å²) in [7, 11) is 0. The third-order valence-electron chi connectivity index (χ3n) is 1.82. The van der Waals surface area contributed by atoms with E-state index < -0.39 is 0 Å². The smallest absolute Gasteiger partial charge is 0.0994 e. The van der Waals surface area contributed by atoms with Crippen LogP contribution in [0.4, 0.5) is 5.69 Å². The summed E-state index contributed by atoms with van der Waals surface area (Å²) in [6, 6.07) is 7.54. The highest BCUT2D eigenvalue weighted by Gasteiger charge is 2.05. The van der Waals surface area contributed by atoms with Gasteiger partial charge in [0.15, 0.2) is 0 Å². The van der Waals surface area contributed by atoms with E-state index >= 15 is 0 Å². The molecule has 0 heterocycles. The monoisotopic (exact) mass is 160 g/mol. The van der Waals surface area contributed by atoms with Crippen LogP contribution in [0.5, 0.6) is 0 Å². The van der Waals surface area contributed by atoms with Gasteiger partial charge in [0.2, 0.25) is 0 Å². The van der Waals surface area contributed by atoms with Crippen molar-refractivity contribution in [1.82, 2.24) is 0 Å². The molecule has 0 saturated heterocycles. The number of benzene rings is 1. The van der Waals surface area contributed by atoms with E-state index in [1.165, 1.54) is 0 Å². The molecule has 0 aliphatic rings. The van der Waals surface area contributed by atoms with Gasteiger partial charge in [-0.05, 0) is 29.7 Å². The van der Waals surface area contributed by atoms with E-state index in [-0.39, 0.29) is 0 Å². The normalized spacial score (nSPS) is 9.83. The number of nitrogen functional groups attached to an aromatic ring is 1. The Morgan fingerprint density at radius 1 is 1.42 bits per heavy atom. The highest BCUT2D eigenvalue weighted by atomic mass is 14.5. The van der Waals surface area contributed by atoms with E-state index in [0.29, 0.717) is 5.92 Å². The second-order valence-corrected chi connectivity index (χ2v) is 3.11. The van der Waals surface area contributed by atoms with E-state index in [0.717, 1.165) is 16.8 Å². The number of rotatable bonds is 1. The Morgan fingerprint density at radius 3 is 2.58 bits per heavy atom. The Morgan fingerprint density at radius 2 is 2.08 bits per heavy atom. The second kappa shape index (κ2) is 3.27. The lowest BCUT2D eigenvalue weighted by Crippen LogP contribution is -1.95. The quantitative estimate of drug-likeness (QED) is 0.640. The lowest BCUT2D eigenvalue weighted by atomic mass is 9.97. The van der Waals surface area contributed by atoms with Crippen LogP contribution in [0.2, 0.25) is 0 Å². The molecule has 0 unspecified atom stereocenters. The van der Waals surface area contributed by atoms with Gasteiger partial charge in [0.25, 0.3) is 0 Å². The summed E-state index contributed by atoms with van der Waals surface area (Å²) < 4.78 is 0. The Hall–Kier alpha value is -1.49. The first kappa shape index (κ1) is 8.61. The maximum absolute atomic E-state index is 8.77. The molecular weight excluding hydrogens is 148 g/mol. The predicted octanol–water partition coefficient (Wildman–Crippen LogP) is 2.26. The first-order valence-corrected chi connectivity index (χ1v) is 3.94. The van der Waals surface area contributed by atoms with E-state index in [1.54, 1.807) is 12.1 Å². The van der Waals surface area contributed by atoms with Crippen molar-refractivity contribution in [2.75, 3.05) is 5.73 Å². The van der Waals surface area contributed by atoms with E-state index in [4.69, 9.17) is 11.0 Å². The molecule has 62 valence electrons. The van der Waals surface area contributed by atoms with Crippen molar-refractivity contribution in [2.24, 2.45) is 0 Å². The average molecular weight is 160 g/mol. The molecule has 2 heteroatoms. The fourth-order valence-corrected chi connectivity index (χ4v) is 1.16. The maximum atomic E-state index is 8.77. The molecule has 1 rings (SSSR count). The summed E-state index contributed by atoms with van der Waals surface area (Å²) in [6.07, 6.45) is 0. The summed E-state index contributed by atoms with van der Waals surface area (Å²) in [5, 5.41) is 8.77. The van der Waals surface area contributed by atoms with Crippen molar-refractivity contribution in [3.63, 3.8) is 0 Å². The van der Waals surface area contributed by atoms with Crippen molar-refractivity contribution in [3.05, 3.63) is 29.3 Å². The molecule has 0 saturated carbocycles. The largest absolute Gasteiger partial charge is 0.399 e. The first-order chi connectivity index (χ1) is 5.65. The Labute approximate surface area is 72.6 Å². The lowest BCUT2D eigenvalue weighted by molar-refractivity contribution is 0.863. The summed E-state index contributed by atoms with van der Waals surface area (Å²) in [6.45, 7) is 4.10. The van der Waals surface area contributed by atoms with Gasteiger partial charge in [0.1, 0.15) is 0 Å². The molecular formula is C10H12N2. The van der Waals surface area contributed by atoms with Gasteiger partial charge >= 0.3 is 0 Å². The van der Waals surface area contributed by atoms with Crippen LogP contribution < -0.4 is 5.73 Å². The van der Waals surface area contributed by atoms with Gasteiger partial charge in [-0.3, -0.25) is 0 Å². The minimum absolute atomic E-state index is 0.350. The third kappa shape index (κ3) is 1.57. The van der Waals surface area contributed by atoms with Crippen LogP contribution in [0.1, 0.15) is 30.9 Å². The molecule has 0 aliphatic heterocycles. The van der Waals surface area contributed by atoms with Crippen LogP contribution in [-0.4, -0.2) is 0 Å². The summed E-state index contributed by atoms with van der Waals surface area (Å²) >= 11 is 0. The second-order valence-electron chi connectivity index (χ2n) is 3.11. The molecule has 2 nitrogen and oxygen atoms in total. The Kier molecular flexibility index (Phi) is 2.35. The summed E-state index contributed by atoms with van der Waals surface area (Å²) in [4.78, 5) is 0. The third-order valence-corrected chi connectivity index (χ3v) is 1.82. The van der Waals surface area contributed by atoms with Crippen LogP contribution in [0.3, 0.4) is 0 Å². The molecule has 1 aromatic carbocycles. The zero-order valence-corrected chi connectivity index (χ0v) is 7.33. The molecule has 12 heavy (non-hydrogen) atoms. The molecule has 0 radical (unpaired) electrons. The highest BCUT2D eigenvalue weighted by molar-refractivity contribution is 5.50. The molecule has 0 spiro atoms. The first-order valence-electron chi connectivity index (χ1n) is 3.94. The molecule has 0 amide bonds. The number of nitrogens with zero attached hydrogens (tertiary/aromatic N) is 1. The van der Waals surface area contributed by atoms with Gasteiger partial charge in [-0.2, -0.15) is 5.26 Å². The van der Waals surface area contributed by atoms with Gasteiger partial charge < -0.3 is 5.73 Å². The van der Waals surface area contributed by atoms with Crippen molar-refractivity contribution in [1.29, 1.82) is 5.26 Å². The molecule has 0 aliphatic carbocycles. The lowest BCUT2D eigenvalue weighted by Gasteiger charge is -2.07. The standard InChI is InChI=1S/C10H12N2/c1-7(2)10-5-9(12)4-3-8(10)6-11/h3-5,7H,12H2,1-2H3. The SMILES string of the molecule is CC(C)c1cc(N)ccc1C#N. The highest BCUT2D eigenvalue weighted by Crippen LogP contribution is 2.21. The molecule has 1 aromatic rings. The minimum Gasteiger partial charge on any atom is -0.399 e. The molecule has 2 N–H and O–H groups in total. The van der Waals surface area contributed by atoms with Crippen molar-refractivity contribution in [2.45, 2.75) is 19.8 Å². The fourth-order valence-electron chi connectivity index (χ4n) is 1.16. The zero-order valence-electron chi connectivity index (χ0n) is 7.33. The van der Waals surface area contributed by atoms with Crippen LogP contribution in [0, 0.1) is 11.3 Å². The van der Waals surface area contributed by atoms with E-state index in [9.17, 15) is 0 Å². The van der Waals surface area contributed by atoms with Gasteiger partial charge in [-0.15, -0.1) is 0 Å². The van der Waals surface area contributed by atoms with Gasteiger partial charge in [-0.1, -0.05) is 13.8 Å². The van der Waals surface area contributed by atoms with E-state index in [1.807, 2.05) is 6.07 Å². The fraction of sp³-hybridized carbons (Fsp3) is 0.300. The van der Waals surface area contributed by atoms with Crippen LogP contribution in [-0.2, 0) is 0 Å². The number of nitriles is 1. The molecule has 0 fully saturated rings. The number of anilines is 1. The van der Waals surface area contributed by atoms with Gasteiger partial charge in [0.05, 0.1) is 11.6 Å². The molecule has 0 aromatic heterocycles. The van der Waals surface area contributed by atoms with Crippen molar-refractivity contribution in [3.8, 4) is 6.07 Å². The number of nitrogens with two attached hydrogens (primary N) is 1. The number of hydrogen-bond acceptors (Lipinski definition) is 2. The van der Waals surface area contributed by atoms with Crippen LogP contribution >= 0.6 is 0 Å². The minimum atomic E-state index is 0.350. The van der Waals surface area contributed by atoms with Crippen molar-refractivity contribution >= 4 is 5.69 Å². The van der Waals surface area contributed by atoms with Crippen molar-refractivity contribution < 1.29 is 0 Å². The van der Waals surface area contributed by atoms with Crippen LogP contribution in [0.25, 0.3) is 0 Å². The maximum Gasteiger partial charge on any atom is 0.0994 e. The zero-order chi connectivity index (χ0) is 9.14. The topological polar surface area (TPSA) is 49.8 Å². The van der Waals surface area contributed by atoms with E-state index in [2.05, 4.69) is 19.9 Å². The Bertz CT molecular complexity index is 321. The summed E-state index contributed by atoms with van der Waals surface area (Å²) in [5.41, 5.74) is 8.08. The molecule has 0 atom stereocenters. The number of hydrogen-bond donors (Lipinski definition) is 1.